The number of thiazole rings is 1. The average molecular weight is 580 g/mol. The number of carboxylic acid groups (broad SMARTS) is 1. The van der Waals surface area contributed by atoms with E-state index in [9.17, 15) is 23.9 Å². The van der Waals surface area contributed by atoms with Crippen LogP contribution in [0.3, 0.4) is 0 Å². The van der Waals surface area contributed by atoms with Crippen LogP contribution in [0.4, 0.5) is 10.1 Å². The van der Waals surface area contributed by atoms with Crippen LogP contribution < -0.4 is 20.2 Å². The lowest BCUT2D eigenvalue weighted by Gasteiger charge is -2.25. The number of hydrogen-bond donors (Lipinski definition) is 2. The van der Waals surface area contributed by atoms with Crippen LogP contribution in [0.2, 0.25) is 0 Å². The number of hydrogen-bond acceptors (Lipinski definition) is 6. The minimum Gasteiger partial charge on any atom is -0.478 e. The van der Waals surface area contributed by atoms with Crippen molar-refractivity contribution >= 4 is 35.0 Å². The zero-order valence-electron chi connectivity index (χ0n) is 22.1. The van der Waals surface area contributed by atoms with Gasteiger partial charge in [-0.3, -0.25) is 14.2 Å². The zero-order valence-corrected chi connectivity index (χ0v) is 22.9. The minimum absolute atomic E-state index is 0.127. The molecular weight excluding hydrogens is 557 g/mol. The van der Waals surface area contributed by atoms with E-state index in [0.717, 1.165) is 11.3 Å². The molecule has 1 atom stereocenters. The first-order valence-electron chi connectivity index (χ1n) is 12.9. The van der Waals surface area contributed by atoms with E-state index in [0.29, 0.717) is 43.4 Å². The highest BCUT2D eigenvalue weighted by atomic mass is 32.1. The van der Waals surface area contributed by atoms with Crippen LogP contribution in [0.5, 0.6) is 0 Å². The molecule has 3 aromatic carbocycles. The highest BCUT2D eigenvalue weighted by Gasteiger charge is 2.32. The van der Waals surface area contributed by atoms with Gasteiger partial charge in [0.15, 0.2) is 4.80 Å². The van der Waals surface area contributed by atoms with Gasteiger partial charge in [0.1, 0.15) is 17.3 Å². The molecule has 1 unspecified atom stereocenters. The molecule has 10 heteroatoms. The van der Waals surface area contributed by atoms with Gasteiger partial charge in [-0.1, -0.05) is 53.8 Å². The van der Waals surface area contributed by atoms with E-state index < -0.39 is 29.3 Å². The topological polar surface area (TPSA) is 114 Å². The molecule has 42 heavy (non-hydrogen) atoms. The lowest BCUT2D eigenvalue weighted by atomic mass is 9.95. The second-order valence-corrected chi connectivity index (χ2v) is 10.6. The maximum absolute atomic E-state index is 13.9. The summed E-state index contributed by atoms with van der Waals surface area (Å²) >= 11 is 1.14. The maximum atomic E-state index is 13.9. The predicted octanol–water partition coefficient (Wildman–Crippen LogP) is 4.97. The van der Waals surface area contributed by atoms with Crippen LogP contribution in [0.25, 0.3) is 17.4 Å². The molecule has 0 spiro atoms. The second kappa shape index (κ2) is 10.9. The number of amides is 1. The summed E-state index contributed by atoms with van der Waals surface area (Å²) in [6.45, 7) is 1.71. The Morgan fingerprint density at radius 1 is 1.02 bits per heavy atom. The fraction of sp³-hybridized carbons (Fsp3) is 0.0625. The molecule has 0 fully saturated rings. The smallest absolute Gasteiger partial charge is 0.335 e. The zero-order chi connectivity index (χ0) is 29.4. The second-order valence-electron chi connectivity index (χ2n) is 9.54. The first-order valence-corrected chi connectivity index (χ1v) is 13.7. The first kappa shape index (κ1) is 26.9. The predicted molar refractivity (Wildman–Crippen MR) is 156 cm³/mol. The Bertz CT molecular complexity index is 2060. The molecule has 6 rings (SSSR count). The van der Waals surface area contributed by atoms with E-state index in [-0.39, 0.29) is 11.1 Å². The molecule has 1 aliphatic heterocycles. The van der Waals surface area contributed by atoms with Gasteiger partial charge in [-0.15, -0.1) is 0 Å². The van der Waals surface area contributed by atoms with Crippen LogP contribution in [0.15, 0.2) is 116 Å². The molecule has 3 heterocycles. The molecule has 0 radical (unpaired) electrons. The SMILES string of the molecule is CC1=C(C(=O)Nc2ccccc2)C(c2ccc(F)cc2)n2c(s/c(=C\c3ccc(-c4cccc(C(=O)O)c4)o3)c2=O)=N1. The molecule has 8 nitrogen and oxygen atoms in total. The fourth-order valence-corrected chi connectivity index (χ4v) is 5.84. The van der Waals surface area contributed by atoms with Crippen molar-refractivity contribution in [3.8, 4) is 11.3 Å². The van der Waals surface area contributed by atoms with E-state index in [4.69, 9.17) is 4.42 Å². The summed E-state index contributed by atoms with van der Waals surface area (Å²) in [7, 11) is 0. The van der Waals surface area contributed by atoms with Gasteiger partial charge in [0.25, 0.3) is 11.5 Å². The van der Waals surface area contributed by atoms with Crippen LogP contribution in [-0.4, -0.2) is 21.6 Å². The molecule has 1 amide bonds. The van der Waals surface area contributed by atoms with Gasteiger partial charge in [-0.25, -0.2) is 14.2 Å². The molecule has 0 aliphatic carbocycles. The lowest BCUT2D eigenvalue weighted by molar-refractivity contribution is -0.113. The number of halogens is 1. The summed E-state index contributed by atoms with van der Waals surface area (Å²) in [6, 6.07) is 23.5. The van der Waals surface area contributed by atoms with E-state index >= 15 is 0 Å². The van der Waals surface area contributed by atoms with Gasteiger partial charge < -0.3 is 14.8 Å². The van der Waals surface area contributed by atoms with Crippen molar-refractivity contribution in [1.82, 2.24) is 4.57 Å². The quantitative estimate of drug-likeness (QED) is 0.295. The van der Waals surface area contributed by atoms with Gasteiger partial charge in [0, 0.05) is 17.3 Å². The van der Waals surface area contributed by atoms with Gasteiger partial charge in [-0.05, 0) is 61.0 Å². The summed E-state index contributed by atoms with van der Waals surface area (Å²) in [5.41, 5.74) is 2.15. The van der Waals surface area contributed by atoms with E-state index in [1.807, 2.05) is 6.07 Å². The number of rotatable bonds is 6. The third kappa shape index (κ3) is 5.11. The minimum atomic E-state index is -1.05. The number of benzene rings is 3. The third-order valence-corrected chi connectivity index (χ3v) is 7.76. The molecule has 208 valence electrons. The van der Waals surface area contributed by atoms with Gasteiger partial charge in [-0.2, -0.15) is 0 Å². The van der Waals surface area contributed by atoms with Crippen molar-refractivity contribution in [3.05, 3.63) is 145 Å². The Labute approximate surface area is 242 Å². The normalized spacial score (nSPS) is 14.8. The molecule has 5 aromatic rings. The Hall–Kier alpha value is -5.35. The highest BCUT2D eigenvalue weighted by molar-refractivity contribution is 7.07. The molecule has 2 aromatic heterocycles. The largest absolute Gasteiger partial charge is 0.478 e. The number of carbonyl (C=O) groups excluding carboxylic acids is 1. The number of carbonyl (C=O) groups is 2. The number of allylic oxidation sites excluding steroid dienone is 1. The van der Waals surface area contributed by atoms with Gasteiger partial charge in [0.2, 0.25) is 0 Å². The highest BCUT2D eigenvalue weighted by Crippen LogP contribution is 2.31. The Kier molecular flexibility index (Phi) is 6.97. The van der Waals surface area contributed by atoms with Crippen LogP contribution in [0.1, 0.15) is 34.6 Å². The van der Waals surface area contributed by atoms with Crippen molar-refractivity contribution < 1.29 is 23.5 Å². The number of para-hydroxylation sites is 1. The molecule has 2 N–H and O–H groups in total. The van der Waals surface area contributed by atoms with Crippen molar-refractivity contribution in [2.45, 2.75) is 13.0 Å². The number of aromatic nitrogens is 1. The van der Waals surface area contributed by atoms with Crippen molar-refractivity contribution in [3.63, 3.8) is 0 Å². The maximum Gasteiger partial charge on any atom is 0.335 e. The van der Waals surface area contributed by atoms with Crippen molar-refractivity contribution in [2.24, 2.45) is 4.99 Å². The van der Waals surface area contributed by atoms with E-state index in [1.54, 1.807) is 73.7 Å². The molecule has 0 saturated carbocycles. The van der Waals surface area contributed by atoms with E-state index in [1.165, 1.54) is 28.8 Å². The summed E-state index contributed by atoms with van der Waals surface area (Å²) in [5.74, 6) is -1.09. The van der Waals surface area contributed by atoms with Crippen molar-refractivity contribution in [2.75, 3.05) is 5.32 Å². The Morgan fingerprint density at radius 2 is 1.79 bits per heavy atom. The number of aromatic carboxylic acids is 1. The third-order valence-electron chi connectivity index (χ3n) is 6.78. The van der Waals surface area contributed by atoms with Crippen LogP contribution >= 0.6 is 11.3 Å². The Morgan fingerprint density at radius 3 is 2.52 bits per heavy atom. The van der Waals surface area contributed by atoms with Crippen LogP contribution in [-0.2, 0) is 4.79 Å². The number of furan rings is 1. The Balaban J connectivity index is 1.43. The van der Waals surface area contributed by atoms with Gasteiger partial charge in [0.05, 0.1) is 27.4 Å². The number of anilines is 1. The standard InChI is InChI=1S/C32H22FN3O5S/c1-18-27(29(37)35-23-8-3-2-4-9-23)28(19-10-12-22(33)13-11-19)36-30(38)26(42-32(36)34-18)17-24-14-15-25(41-24)20-6-5-7-21(16-20)31(39)40/h2-17,28H,1H3,(H,35,37)(H,39,40)/b26-17-. The number of nitrogens with one attached hydrogen (secondary N) is 1. The number of nitrogens with zero attached hydrogens (tertiary/aromatic N) is 2. The first-order chi connectivity index (χ1) is 20.3. The van der Waals surface area contributed by atoms with Crippen molar-refractivity contribution in [1.29, 1.82) is 0 Å². The monoisotopic (exact) mass is 579 g/mol. The van der Waals surface area contributed by atoms with E-state index in [2.05, 4.69) is 10.3 Å². The summed E-state index contributed by atoms with van der Waals surface area (Å²) in [5, 5.41) is 12.2. The molecule has 1 aliphatic rings. The number of carboxylic acids is 1. The van der Waals surface area contributed by atoms with Crippen LogP contribution in [0, 0.1) is 5.82 Å². The molecule has 0 bridgehead atoms. The molecule has 0 saturated heterocycles. The molecular formula is C32H22FN3O5S. The fourth-order valence-electron chi connectivity index (χ4n) is 4.81. The summed E-state index contributed by atoms with van der Waals surface area (Å²) in [6.07, 6.45) is 1.58. The lowest BCUT2D eigenvalue weighted by Crippen LogP contribution is -2.40. The summed E-state index contributed by atoms with van der Waals surface area (Å²) in [4.78, 5) is 43.8. The van der Waals surface area contributed by atoms with Gasteiger partial charge >= 0.3 is 5.97 Å². The number of fused-ring (bicyclic) bond motifs is 1. The average Bonchev–Trinajstić information content (AvgIpc) is 3.57. The summed E-state index contributed by atoms with van der Waals surface area (Å²) < 4.78 is 21.6.